The Morgan fingerprint density at radius 2 is 1.88 bits per heavy atom. The van der Waals surface area contributed by atoms with Crippen LogP contribution in [0.5, 0.6) is 0 Å². The largest absolute Gasteiger partial charge is 0.374 e. The van der Waals surface area contributed by atoms with Gasteiger partial charge in [-0.3, -0.25) is 9.55 Å². The van der Waals surface area contributed by atoms with Crippen LogP contribution in [0, 0.1) is 6.92 Å². The van der Waals surface area contributed by atoms with Gasteiger partial charge in [0.25, 0.3) is 0 Å². The summed E-state index contributed by atoms with van der Waals surface area (Å²) in [7, 11) is -4.31. The molecule has 17 heavy (non-hydrogen) atoms. The molecule has 2 N–H and O–H groups in total. The Balaban J connectivity index is 2.47. The van der Waals surface area contributed by atoms with Crippen molar-refractivity contribution in [2.75, 3.05) is 0 Å². The minimum absolute atomic E-state index is 0.239. The lowest BCUT2D eigenvalue weighted by Gasteiger charge is -2.05. The highest BCUT2D eigenvalue weighted by molar-refractivity contribution is 7.60. The number of pyridine rings is 2. The highest BCUT2D eigenvalue weighted by Gasteiger charge is 2.19. The topological polar surface area (TPSA) is 83.3 Å². The van der Waals surface area contributed by atoms with Crippen LogP contribution in [0.3, 0.4) is 0 Å². The van der Waals surface area contributed by atoms with Gasteiger partial charge in [-0.1, -0.05) is 12.1 Å². The predicted octanol–water partition coefficient (Wildman–Crippen LogP) is 1.26. The van der Waals surface area contributed by atoms with Gasteiger partial charge in [-0.25, -0.2) is 4.98 Å². The van der Waals surface area contributed by atoms with Gasteiger partial charge >= 0.3 is 7.60 Å². The van der Waals surface area contributed by atoms with Crippen LogP contribution in [0.15, 0.2) is 36.5 Å². The van der Waals surface area contributed by atoms with Crippen molar-refractivity contribution in [2.45, 2.75) is 6.92 Å². The van der Waals surface area contributed by atoms with Gasteiger partial charge in [-0.2, -0.15) is 0 Å². The Bertz CT molecular complexity index is 578. The lowest BCUT2D eigenvalue weighted by molar-refractivity contribution is 0.386. The van der Waals surface area contributed by atoms with Crippen LogP contribution >= 0.6 is 7.60 Å². The van der Waals surface area contributed by atoms with Crippen molar-refractivity contribution in [1.82, 2.24) is 9.97 Å². The summed E-state index contributed by atoms with van der Waals surface area (Å²) in [5.41, 5.74) is 1.81. The van der Waals surface area contributed by atoms with Gasteiger partial charge in [0.1, 0.15) is 0 Å². The van der Waals surface area contributed by atoms with E-state index in [0.717, 1.165) is 5.56 Å². The van der Waals surface area contributed by atoms with E-state index in [9.17, 15) is 4.57 Å². The molecule has 0 saturated carbocycles. The summed E-state index contributed by atoms with van der Waals surface area (Å²) in [6.07, 6.45) is 1.68. The Kier molecular flexibility index (Phi) is 3.07. The summed E-state index contributed by atoms with van der Waals surface area (Å²) in [5.74, 6) is 0. The van der Waals surface area contributed by atoms with Crippen molar-refractivity contribution in [1.29, 1.82) is 0 Å². The fourth-order valence-electron chi connectivity index (χ4n) is 1.35. The van der Waals surface area contributed by atoms with Gasteiger partial charge in [0.2, 0.25) is 0 Å². The molecular formula is C11H11N2O3P. The van der Waals surface area contributed by atoms with E-state index < -0.39 is 7.60 Å². The Hall–Kier alpha value is -1.55. The van der Waals surface area contributed by atoms with Crippen LogP contribution in [0.1, 0.15) is 5.56 Å². The smallest absolute Gasteiger partial charge is 0.320 e. The normalized spacial score (nSPS) is 11.5. The Morgan fingerprint density at radius 1 is 1.12 bits per heavy atom. The monoisotopic (exact) mass is 250 g/mol. The fraction of sp³-hybridized carbons (Fsp3) is 0.0909. The second kappa shape index (κ2) is 4.37. The number of hydrogen-bond acceptors (Lipinski definition) is 3. The van der Waals surface area contributed by atoms with E-state index >= 15 is 0 Å². The zero-order chi connectivity index (χ0) is 12.5. The highest BCUT2D eigenvalue weighted by atomic mass is 31.2. The molecule has 88 valence electrons. The molecule has 0 aliphatic rings. The van der Waals surface area contributed by atoms with E-state index in [1.807, 2.05) is 13.0 Å². The first-order valence-corrected chi connectivity index (χ1v) is 6.54. The zero-order valence-electron chi connectivity index (χ0n) is 9.11. The molecule has 0 aromatic carbocycles. The molecule has 0 atom stereocenters. The van der Waals surface area contributed by atoms with Gasteiger partial charge in [0, 0.05) is 6.20 Å². The molecule has 0 aliphatic carbocycles. The summed E-state index contributed by atoms with van der Waals surface area (Å²) in [4.78, 5) is 26.1. The summed E-state index contributed by atoms with van der Waals surface area (Å²) in [6.45, 7) is 1.91. The van der Waals surface area contributed by atoms with Gasteiger partial charge < -0.3 is 9.79 Å². The molecule has 2 rings (SSSR count). The molecule has 0 bridgehead atoms. The van der Waals surface area contributed by atoms with Crippen molar-refractivity contribution >= 4 is 13.0 Å². The molecule has 2 aromatic rings. The van der Waals surface area contributed by atoms with E-state index in [1.165, 1.54) is 6.07 Å². The maximum absolute atomic E-state index is 11.1. The lowest BCUT2D eigenvalue weighted by atomic mass is 10.2. The summed E-state index contributed by atoms with van der Waals surface area (Å²) in [6, 6.07) is 8.16. The first kappa shape index (κ1) is 11.9. The van der Waals surface area contributed by atoms with Crippen LogP contribution in [0.25, 0.3) is 11.4 Å². The van der Waals surface area contributed by atoms with Crippen LogP contribution in [-0.4, -0.2) is 19.8 Å². The average Bonchev–Trinajstić information content (AvgIpc) is 2.29. The Labute approximate surface area is 98.3 Å². The molecule has 2 heterocycles. The Morgan fingerprint density at radius 3 is 2.47 bits per heavy atom. The van der Waals surface area contributed by atoms with Crippen LogP contribution in [0.2, 0.25) is 0 Å². The minimum atomic E-state index is -4.31. The number of rotatable bonds is 2. The van der Waals surface area contributed by atoms with Gasteiger partial charge in [0.15, 0.2) is 5.44 Å². The summed E-state index contributed by atoms with van der Waals surface area (Å²) < 4.78 is 11.1. The van der Waals surface area contributed by atoms with Crippen molar-refractivity contribution in [3.05, 3.63) is 42.1 Å². The third-order valence-electron chi connectivity index (χ3n) is 2.21. The van der Waals surface area contributed by atoms with Crippen molar-refractivity contribution in [2.24, 2.45) is 0 Å². The summed E-state index contributed by atoms with van der Waals surface area (Å²) in [5, 5.41) is 0. The van der Waals surface area contributed by atoms with Gasteiger partial charge in [-0.15, -0.1) is 0 Å². The number of aryl methyl sites for hydroxylation is 1. The van der Waals surface area contributed by atoms with Crippen LogP contribution in [0.4, 0.5) is 0 Å². The molecule has 0 amide bonds. The molecular weight excluding hydrogens is 239 g/mol. The molecule has 6 heteroatoms. The number of aromatic nitrogens is 2. The van der Waals surface area contributed by atoms with Gasteiger partial charge in [-0.05, 0) is 30.7 Å². The first-order valence-electron chi connectivity index (χ1n) is 4.93. The fourth-order valence-corrected chi connectivity index (χ4v) is 1.87. The van der Waals surface area contributed by atoms with Crippen LogP contribution < -0.4 is 5.44 Å². The van der Waals surface area contributed by atoms with E-state index in [4.69, 9.17) is 9.79 Å². The van der Waals surface area contributed by atoms with E-state index in [-0.39, 0.29) is 5.44 Å². The zero-order valence-corrected chi connectivity index (χ0v) is 10.0. The number of nitrogens with zero attached hydrogens (tertiary/aromatic N) is 2. The molecule has 0 unspecified atom stereocenters. The standard InChI is InChI=1S/C11H11N2O3P/c1-8-5-6-9(12-7-8)10-3-2-4-11(13-10)17(14,15)16/h2-7H,1H3,(H2,14,15,16). The quantitative estimate of drug-likeness (QED) is 0.784. The van der Waals surface area contributed by atoms with Crippen molar-refractivity contribution in [3.8, 4) is 11.4 Å². The molecule has 2 aromatic heterocycles. The molecule has 0 saturated heterocycles. The van der Waals surface area contributed by atoms with E-state index in [1.54, 1.807) is 24.4 Å². The molecule has 5 nitrogen and oxygen atoms in total. The van der Waals surface area contributed by atoms with Crippen molar-refractivity contribution in [3.63, 3.8) is 0 Å². The van der Waals surface area contributed by atoms with Crippen molar-refractivity contribution < 1.29 is 14.4 Å². The highest BCUT2D eigenvalue weighted by Crippen LogP contribution is 2.32. The maximum atomic E-state index is 11.1. The summed E-state index contributed by atoms with van der Waals surface area (Å²) >= 11 is 0. The van der Waals surface area contributed by atoms with E-state index in [2.05, 4.69) is 9.97 Å². The second-order valence-corrected chi connectivity index (χ2v) is 5.19. The molecule has 0 aliphatic heterocycles. The second-order valence-electron chi connectivity index (χ2n) is 3.65. The molecule has 0 fully saturated rings. The SMILES string of the molecule is Cc1ccc(-c2cccc(P(=O)(O)O)n2)nc1. The lowest BCUT2D eigenvalue weighted by Crippen LogP contribution is -2.09. The molecule has 0 spiro atoms. The average molecular weight is 250 g/mol. The third-order valence-corrected chi connectivity index (χ3v) is 3.05. The third kappa shape index (κ3) is 2.77. The van der Waals surface area contributed by atoms with E-state index in [0.29, 0.717) is 11.4 Å². The van der Waals surface area contributed by atoms with Gasteiger partial charge in [0.05, 0.1) is 11.4 Å². The predicted molar refractivity (Wildman–Crippen MR) is 63.9 cm³/mol. The maximum Gasteiger partial charge on any atom is 0.374 e. The first-order chi connectivity index (χ1) is 7.97. The van der Waals surface area contributed by atoms with Crippen LogP contribution in [-0.2, 0) is 4.57 Å². The number of hydrogen-bond donors (Lipinski definition) is 2. The molecule has 0 radical (unpaired) electrons. The minimum Gasteiger partial charge on any atom is -0.320 e.